The number of rotatable bonds is 4. The van der Waals surface area contributed by atoms with E-state index in [2.05, 4.69) is 91.0 Å². The van der Waals surface area contributed by atoms with Crippen molar-refractivity contribution in [2.75, 3.05) is 0 Å². The Morgan fingerprint density at radius 3 is 1.15 bits per heavy atom. The van der Waals surface area contributed by atoms with Crippen molar-refractivity contribution in [2.45, 2.75) is 27.5 Å². The fourth-order valence-electron chi connectivity index (χ4n) is 2.08. The fraction of sp³-hybridized carbons (Fsp3) is 0.0952. The van der Waals surface area contributed by atoms with Gasteiger partial charge in [-0.15, -0.1) is 0 Å². The van der Waals surface area contributed by atoms with Gasteiger partial charge in [0.1, 0.15) is 0 Å². The number of halogens is 2. The average molecular weight is 373 g/mol. The summed E-state index contributed by atoms with van der Waals surface area (Å²) in [6.07, 6.45) is 0. The minimum atomic E-state index is -3.58. The number of hydrogen-bond donors (Lipinski definition) is 1. The third kappa shape index (κ3) is 5.70. The Morgan fingerprint density at radius 1 is 0.731 bits per heavy atom. The first-order chi connectivity index (χ1) is 12.4. The van der Waals surface area contributed by atoms with Gasteiger partial charge in [-0.3, -0.25) is 0 Å². The standard InChI is InChI=1S/C18H15S.C3H4F2O2/c1-4-10-16(11-5-1)19(17-12-6-2-7-13-17)18-14-8-3-9-15-18;1-3(4,5)2(6)7/h1-15H;1H3,(H,6,7)/q+1;. The van der Waals surface area contributed by atoms with Gasteiger partial charge in [-0.2, -0.15) is 8.78 Å². The van der Waals surface area contributed by atoms with Gasteiger partial charge in [0.25, 0.3) is 0 Å². The van der Waals surface area contributed by atoms with Gasteiger partial charge in [-0.05, 0) is 36.4 Å². The van der Waals surface area contributed by atoms with Crippen LogP contribution in [-0.2, 0) is 15.7 Å². The number of carbonyl (C=O) groups is 1. The molecule has 0 aliphatic rings. The second kappa shape index (κ2) is 9.15. The largest absolute Gasteiger partial charge is 0.477 e. The first kappa shape index (κ1) is 19.7. The summed E-state index contributed by atoms with van der Waals surface area (Å²) in [5.74, 6) is -5.67. The molecular formula is C21H19F2O2S+. The van der Waals surface area contributed by atoms with E-state index in [0.717, 1.165) is 0 Å². The summed E-state index contributed by atoms with van der Waals surface area (Å²) in [4.78, 5) is 13.4. The molecule has 0 fully saturated rings. The van der Waals surface area contributed by atoms with E-state index in [4.69, 9.17) is 5.11 Å². The zero-order chi connectivity index (χ0) is 19.0. The molecule has 26 heavy (non-hydrogen) atoms. The molecule has 0 aliphatic carbocycles. The number of carboxylic acids is 1. The Hall–Kier alpha value is -2.66. The molecule has 3 aromatic rings. The monoisotopic (exact) mass is 373 g/mol. The molecule has 3 rings (SSSR count). The number of benzene rings is 3. The fourth-order valence-corrected chi connectivity index (χ4v) is 4.18. The van der Waals surface area contributed by atoms with Crippen LogP contribution in [0, 0.1) is 0 Å². The van der Waals surface area contributed by atoms with E-state index in [1.807, 2.05) is 0 Å². The predicted octanol–water partition coefficient (Wildman–Crippen LogP) is 5.51. The van der Waals surface area contributed by atoms with E-state index in [9.17, 15) is 13.6 Å². The molecule has 0 unspecified atom stereocenters. The van der Waals surface area contributed by atoms with E-state index in [1.54, 1.807) is 0 Å². The van der Waals surface area contributed by atoms with Gasteiger partial charge in [0.05, 0.1) is 10.9 Å². The summed E-state index contributed by atoms with van der Waals surface area (Å²) in [6, 6.07) is 32.2. The molecule has 0 aromatic heterocycles. The molecule has 0 saturated carbocycles. The highest BCUT2D eigenvalue weighted by molar-refractivity contribution is 7.97. The molecule has 0 amide bonds. The molecule has 0 bridgehead atoms. The van der Waals surface area contributed by atoms with Crippen molar-refractivity contribution in [1.82, 2.24) is 0 Å². The van der Waals surface area contributed by atoms with Crippen LogP contribution in [0.3, 0.4) is 0 Å². The topological polar surface area (TPSA) is 37.3 Å². The van der Waals surface area contributed by atoms with Crippen LogP contribution in [0.4, 0.5) is 8.78 Å². The van der Waals surface area contributed by atoms with Gasteiger partial charge in [0, 0.05) is 6.92 Å². The number of aliphatic carboxylic acids is 1. The van der Waals surface area contributed by atoms with Crippen molar-refractivity contribution in [3.63, 3.8) is 0 Å². The second-order valence-electron chi connectivity index (χ2n) is 5.44. The molecule has 0 saturated heterocycles. The lowest BCUT2D eigenvalue weighted by Gasteiger charge is -2.07. The zero-order valence-electron chi connectivity index (χ0n) is 14.2. The molecule has 3 aromatic carbocycles. The Bertz CT molecular complexity index is 710. The molecule has 0 spiro atoms. The van der Waals surface area contributed by atoms with Crippen LogP contribution in [0.2, 0.25) is 0 Å². The summed E-state index contributed by atoms with van der Waals surface area (Å²) in [5, 5.41) is 7.50. The van der Waals surface area contributed by atoms with Gasteiger partial charge in [0.2, 0.25) is 0 Å². The van der Waals surface area contributed by atoms with Crippen molar-refractivity contribution in [3.05, 3.63) is 91.0 Å². The van der Waals surface area contributed by atoms with Gasteiger partial charge >= 0.3 is 11.9 Å². The van der Waals surface area contributed by atoms with Gasteiger partial charge < -0.3 is 5.11 Å². The number of carboxylic acid groups (broad SMARTS) is 1. The molecule has 1 N–H and O–H groups in total. The van der Waals surface area contributed by atoms with E-state index in [1.165, 1.54) is 14.7 Å². The molecule has 0 heterocycles. The van der Waals surface area contributed by atoms with Crippen LogP contribution in [0.1, 0.15) is 6.92 Å². The lowest BCUT2D eigenvalue weighted by molar-refractivity contribution is -0.161. The first-order valence-electron chi connectivity index (χ1n) is 7.90. The quantitative estimate of drug-likeness (QED) is 0.613. The Morgan fingerprint density at radius 2 is 0.962 bits per heavy atom. The zero-order valence-corrected chi connectivity index (χ0v) is 15.0. The minimum Gasteiger partial charge on any atom is -0.477 e. The maximum atomic E-state index is 11.2. The Kier molecular flexibility index (Phi) is 6.92. The van der Waals surface area contributed by atoms with Crippen molar-refractivity contribution in [2.24, 2.45) is 0 Å². The van der Waals surface area contributed by atoms with E-state index >= 15 is 0 Å². The van der Waals surface area contributed by atoms with Crippen LogP contribution in [0.25, 0.3) is 0 Å². The third-order valence-corrected chi connectivity index (χ3v) is 5.54. The highest BCUT2D eigenvalue weighted by Gasteiger charge is 2.31. The maximum Gasteiger partial charge on any atom is 0.374 e. The van der Waals surface area contributed by atoms with Crippen LogP contribution in [0.15, 0.2) is 106 Å². The highest BCUT2D eigenvalue weighted by atomic mass is 32.2. The Balaban J connectivity index is 0.000000298. The number of hydrogen-bond acceptors (Lipinski definition) is 1. The van der Waals surface area contributed by atoms with Crippen LogP contribution in [-0.4, -0.2) is 17.0 Å². The minimum absolute atomic E-state index is 0.0146. The van der Waals surface area contributed by atoms with Gasteiger partial charge in [0.15, 0.2) is 14.7 Å². The highest BCUT2D eigenvalue weighted by Crippen LogP contribution is 2.30. The molecule has 5 heteroatoms. The SMILES string of the molecule is CC(F)(F)C(=O)O.c1ccc([S+](c2ccccc2)c2ccccc2)cc1. The summed E-state index contributed by atoms with van der Waals surface area (Å²) in [5.41, 5.74) is 0. The van der Waals surface area contributed by atoms with E-state index < -0.39 is 11.9 Å². The van der Waals surface area contributed by atoms with Gasteiger partial charge in [-0.1, -0.05) is 54.6 Å². The lowest BCUT2D eigenvalue weighted by atomic mass is 10.4. The van der Waals surface area contributed by atoms with Crippen LogP contribution >= 0.6 is 0 Å². The molecule has 0 aliphatic heterocycles. The smallest absolute Gasteiger partial charge is 0.374 e. The molecule has 0 radical (unpaired) electrons. The summed E-state index contributed by atoms with van der Waals surface area (Å²) < 4.78 is 22.5. The van der Waals surface area contributed by atoms with E-state index in [0.29, 0.717) is 6.92 Å². The summed E-state index contributed by atoms with van der Waals surface area (Å²) >= 11 is 0. The van der Waals surface area contributed by atoms with Crippen molar-refractivity contribution >= 4 is 16.9 Å². The molecule has 134 valence electrons. The van der Waals surface area contributed by atoms with E-state index in [-0.39, 0.29) is 10.9 Å². The van der Waals surface area contributed by atoms with Crippen molar-refractivity contribution in [1.29, 1.82) is 0 Å². The van der Waals surface area contributed by atoms with Crippen molar-refractivity contribution < 1.29 is 18.7 Å². The summed E-state index contributed by atoms with van der Waals surface area (Å²) in [7, 11) is -0.0146. The first-order valence-corrected chi connectivity index (χ1v) is 9.12. The maximum absolute atomic E-state index is 11.2. The normalized spacial score (nSPS) is 10.8. The van der Waals surface area contributed by atoms with Crippen molar-refractivity contribution in [3.8, 4) is 0 Å². The average Bonchev–Trinajstić information content (AvgIpc) is 2.64. The molecule has 0 atom stereocenters. The predicted molar refractivity (Wildman–Crippen MR) is 99.7 cm³/mol. The lowest BCUT2D eigenvalue weighted by Crippen LogP contribution is -2.22. The third-order valence-electron chi connectivity index (χ3n) is 3.31. The molecular weight excluding hydrogens is 354 g/mol. The van der Waals surface area contributed by atoms with Gasteiger partial charge in [-0.25, -0.2) is 4.79 Å². The Labute approximate surface area is 154 Å². The molecule has 2 nitrogen and oxygen atoms in total. The number of alkyl halides is 2. The second-order valence-corrected chi connectivity index (χ2v) is 7.47. The van der Waals surface area contributed by atoms with Crippen LogP contribution in [0.5, 0.6) is 0 Å². The van der Waals surface area contributed by atoms with Crippen LogP contribution < -0.4 is 0 Å². The summed E-state index contributed by atoms with van der Waals surface area (Å²) in [6.45, 7) is 0.329.